The largest absolute Gasteiger partial charge is 0.438 e. The van der Waals surface area contributed by atoms with Gasteiger partial charge in [0.05, 0.1) is 6.61 Å². The zero-order valence-electron chi connectivity index (χ0n) is 11.1. The van der Waals surface area contributed by atoms with Crippen molar-refractivity contribution >= 4 is 12.0 Å². The van der Waals surface area contributed by atoms with Gasteiger partial charge in [0.25, 0.3) is 0 Å². The van der Waals surface area contributed by atoms with E-state index in [1.54, 1.807) is 20.8 Å². The van der Waals surface area contributed by atoms with Crippen LogP contribution in [0.2, 0.25) is 0 Å². The van der Waals surface area contributed by atoms with Gasteiger partial charge in [0.15, 0.2) is 18.1 Å². The van der Waals surface area contributed by atoms with Crippen LogP contribution in [0.1, 0.15) is 27.2 Å². The highest BCUT2D eigenvalue weighted by Gasteiger charge is 2.60. The number of hydrogen-bond donors (Lipinski definition) is 0. The third-order valence-corrected chi connectivity index (χ3v) is 3.56. The van der Waals surface area contributed by atoms with Gasteiger partial charge in [-0.3, -0.25) is 4.79 Å². The summed E-state index contributed by atoms with van der Waals surface area (Å²) >= 11 is 0. The second-order valence-corrected chi connectivity index (χ2v) is 5.32. The van der Waals surface area contributed by atoms with Crippen LogP contribution >= 0.6 is 0 Å². The molecule has 3 rings (SSSR count). The maximum Gasteiger partial charge on any atom is 0.419 e. The summed E-state index contributed by atoms with van der Waals surface area (Å²) in [7, 11) is 0. The summed E-state index contributed by atoms with van der Waals surface area (Å²) in [5, 5.41) is 0. The predicted molar refractivity (Wildman–Crippen MR) is 61.0 cm³/mol. The molecule has 0 aromatic heterocycles. The molecular weight excluding hydrogens is 254 g/mol. The summed E-state index contributed by atoms with van der Waals surface area (Å²) in [5.41, 5.74) is 0. The van der Waals surface area contributed by atoms with Crippen LogP contribution in [0.4, 0.5) is 4.79 Å². The molecule has 0 N–H and O–H groups in total. The Bertz CT molecular complexity index is 422. The average molecular weight is 271 g/mol. The first-order valence-electron chi connectivity index (χ1n) is 6.43. The Morgan fingerprint density at radius 1 is 1.42 bits per heavy atom. The Kier molecular flexibility index (Phi) is 2.81. The molecule has 3 aliphatic rings. The molecule has 3 heterocycles. The Morgan fingerprint density at radius 3 is 2.84 bits per heavy atom. The number of carbonyl (C=O) groups excluding carboxylic acids is 2. The molecule has 4 atom stereocenters. The summed E-state index contributed by atoms with van der Waals surface area (Å²) in [4.78, 5) is 24.6. The minimum absolute atomic E-state index is 0.222. The first-order valence-corrected chi connectivity index (χ1v) is 6.43. The first-order chi connectivity index (χ1) is 8.93. The van der Waals surface area contributed by atoms with Gasteiger partial charge in [-0.1, -0.05) is 6.92 Å². The molecule has 106 valence electrons. The van der Waals surface area contributed by atoms with Gasteiger partial charge >= 0.3 is 6.09 Å². The van der Waals surface area contributed by atoms with E-state index in [-0.39, 0.29) is 18.4 Å². The van der Waals surface area contributed by atoms with Gasteiger partial charge in [-0.15, -0.1) is 0 Å². The summed E-state index contributed by atoms with van der Waals surface area (Å²) < 4.78 is 22.2. The highest BCUT2D eigenvalue weighted by Crippen LogP contribution is 2.39. The van der Waals surface area contributed by atoms with Crippen LogP contribution in [0.15, 0.2) is 0 Å². The van der Waals surface area contributed by atoms with Crippen LogP contribution in [0.3, 0.4) is 0 Å². The minimum atomic E-state index is -0.742. The van der Waals surface area contributed by atoms with Gasteiger partial charge in [0.2, 0.25) is 5.91 Å². The third-order valence-electron chi connectivity index (χ3n) is 3.56. The van der Waals surface area contributed by atoms with Crippen molar-refractivity contribution in [2.24, 2.45) is 0 Å². The Hall–Kier alpha value is -1.18. The van der Waals surface area contributed by atoms with Gasteiger partial charge in [0, 0.05) is 6.42 Å². The number of amides is 2. The van der Waals surface area contributed by atoms with Crippen molar-refractivity contribution in [3.8, 4) is 0 Å². The monoisotopic (exact) mass is 271 g/mol. The molecule has 0 aromatic carbocycles. The standard InChI is InChI=1S/C12H17NO6/c1-4-7(14)13-10-9(18-11(13)15)8-6(17-10)5-16-12(2,3)19-8/h6,8-10H,4-5H2,1-3H3/t6-,8+,9-,10+/m1/s1. The van der Waals surface area contributed by atoms with E-state index in [1.165, 1.54) is 0 Å². The van der Waals surface area contributed by atoms with Gasteiger partial charge in [-0.05, 0) is 13.8 Å². The van der Waals surface area contributed by atoms with E-state index in [0.29, 0.717) is 6.61 Å². The topological polar surface area (TPSA) is 74.3 Å². The van der Waals surface area contributed by atoms with Crippen molar-refractivity contribution in [1.29, 1.82) is 0 Å². The number of imide groups is 1. The van der Waals surface area contributed by atoms with Crippen molar-refractivity contribution in [3.63, 3.8) is 0 Å². The van der Waals surface area contributed by atoms with Crippen LogP contribution in [0.5, 0.6) is 0 Å². The van der Waals surface area contributed by atoms with E-state index < -0.39 is 30.3 Å². The van der Waals surface area contributed by atoms with Crippen LogP contribution in [0, 0.1) is 0 Å². The fourth-order valence-electron chi connectivity index (χ4n) is 2.65. The molecule has 3 aliphatic heterocycles. The van der Waals surface area contributed by atoms with E-state index >= 15 is 0 Å². The second-order valence-electron chi connectivity index (χ2n) is 5.32. The van der Waals surface area contributed by atoms with Crippen molar-refractivity contribution in [1.82, 2.24) is 4.90 Å². The number of ether oxygens (including phenoxy) is 4. The SMILES string of the molecule is CCC(=O)N1C(=O)O[C@@H]2[C@H]3OC(C)(C)OC[C@H]3O[C@@H]21. The third kappa shape index (κ3) is 1.92. The summed E-state index contributed by atoms with van der Waals surface area (Å²) in [5.74, 6) is -1.05. The number of rotatable bonds is 1. The normalized spacial score (nSPS) is 39.7. The molecule has 0 aliphatic carbocycles. The zero-order chi connectivity index (χ0) is 13.8. The summed E-state index contributed by atoms with van der Waals surface area (Å²) in [6.45, 7) is 5.63. The fourth-order valence-corrected chi connectivity index (χ4v) is 2.65. The maximum atomic E-state index is 11.8. The van der Waals surface area contributed by atoms with Crippen LogP contribution in [0.25, 0.3) is 0 Å². The molecular formula is C12H17NO6. The van der Waals surface area contributed by atoms with E-state index in [9.17, 15) is 9.59 Å². The Balaban J connectivity index is 1.82. The van der Waals surface area contributed by atoms with E-state index in [2.05, 4.69) is 0 Å². The van der Waals surface area contributed by atoms with Crippen LogP contribution < -0.4 is 0 Å². The quantitative estimate of drug-likeness (QED) is 0.696. The number of nitrogens with zero attached hydrogens (tertiary/aromatic N) is 1. The highest BCUT2D eigenvalue weighted by atomic mass is 16.8. The molecule has 0 aromatic rings. The van der Waals surface area contributed by atoms with Gasteiger partial charge in [-0.25, -0.2) is 9.69 Å². The lowest BCUT2D eigenvalue weighted by molar-refractivity contribution is -0.301. The number of fused-ring (bicyclic) bond motifs is 3. The molecule has 7 nitrogen and oxygen atoms in total. The second kappa shape index (κ2) is 4.16. The smallest absolute Gasteiger partial charge is 0.419 e. The molecule has 0 unspecified atom stereocenters. The summed E-state index contributed by atoms with van der Waals surface area (Å²) in [6, 6.07) is 0. The molecule has 19 heavy (non-hydrogen) atoms. The van der Waals surface area contributed by atoms with E-state index in [1.807, 2.05) is 0 Å². The molecule has 3 saturated heterocycles. The molecule has 7 heteroatoms. The molecule has 0 radical (unpaired) electrons. The molecule has 0 saturated carbocycles. The Morgan fingerprint density at radius 2 is 2.16 bits per heavy atom. The Labute approximate surface area is 110 Å². The first kappa shape index (κ1) is 12.8. The van der Waals surface area contributed by atoms with E-state index in [0.717, 1.165) is 4.90 Å². The number of hydrogen-bond acceptors (Lipinski definition) is 6. The highest BCUT2D eigenvalue weighted by molar-refractivity contribution is 5.93. The molecule has 3 fully saturated rings. The van der Waals surface area contributed by atoms with Gasteiger partial charge in [0.1, 0.15) is 12.2 Å². The van der Waals surface area contributed by atoms with Crippen molar-refractivity contribution in [3.05, 3.63) is 0 Å². The summed E-state index contributed by atoms with van der Waals surface area (Å²) in [6.07, 6.45) is -2.42. The fraction of sp³-hybridized carbons (Fsp3) is 0.833. The average Bonchev–Trinajstić information content (AvgIpc) is 2.82. The van der Waals surface area contributed by atoms with E-state index in [4.69, 9.17) is 18.9 Å². The minimum Gasteiger partial charge on any atom is -0.438 e. The van der Waals surface area contributed by atoms with Crippen LogP contribution in [-0.2, 0) is 23.7 Å². The predicted octanol–water partition coefficient (Wildman–Crippen LogP) is 0.620. The van der Waals surface area contributed by atoms with Crippen molar-refractivity contribution in [2.45, 2.75) is 57.5 Å². The lowest BCUT2D eigenvalue weighted by atomic mass is 10.1. The van der Waals surface area contributed by atoms with Gasteiger partial charge < -0.3 is 18.9 Å². The molecule has 0 bridgehead atoms. The maximum absolute atomic E-state index is 11.8. The van der Waals surface area contributed by atoms with Gasteiger partial charge in [-0.2, -0.15) is 0 Å². The lowest BCUT2D eigenvalue weighted by Gasteiger charge is -2.37. The molecule has 0 spiro atoms. The lowest BCUT2D eigenvalue weighted by Crippen LogP contribution is -2.50. The number of carbonyl (C=O) groups is 2. The van der Waals surface area contributed by atoms with Crippen LogP contribution in [-0.4, -0.2) is 53.8 Å². The molecule has 2 amide bonds. The zero-order valence-corrected chi connectivity index (χ0v) is 11.1. The van der Waals surface area contributed by atoms with Crippen molar-refractivity contribution in [2.75, 3.05) is 6.61 Å². The van der Waals surface area contributed by atoms with Crippen molar-refractivity contribution < 1.29 is 28.5 Å².